The van der Waals surface area contributed by atoms with Crippen molar-refractivity contribution >= 4 is 17.5 Å². The molecule has 0 saturated carbocycles. The molecule has 2 aromatic rings. The maximum absolute atomic E-state index is 4.47. The molecule has 96 valence electrons. The molecule has 0 radical (unpaired) electrons. The summed E-state index contributed by atoms with van der Waals surface area (Å²) >= 11 is 0. The number of hydrogen-bond acceptors (Lipinski definition) is 5. The van der Waals surface area contributed by atoms with Crippen LogP contribution in [-0.2, 0) is 7.05 Å². The normalized spacial score (nSPS) is 10.7. The van der Waals surface area contributed by atoms with Gasteiger partial charge in [0.05, 0.1) is 0 Å². The Morgan fingerprint density at radius 2 is 1.89 bits per heavy atom. The molecule has 0 atom stereocenters. The topological polar surface area (TPSA) is 67.7 Å². The van der Waals surface area contributed by atoms with E-state index in [-0.39, 0.29) is 5.92 Å². The first-order chi connectivity index (χ1) is 8.58. The molecular weight excluding hydrogens is 228 g/mol. The number of hydrogen-bond donors (Lipinski definition) is 2. The largest absolute Gasteiger partial charge is 0.373 e. The maximum atomic E-state index is 4.47. The van der Waals surface area contributed by atoms with E-state index in [1.807, 2.05) is 32.4 Å². The zero-order chi connectivity index (χ0) is 13.1. The third-order valence-electron chi connectivity index (χ3n) is 2.49. The first kappa shape index (κ1) is 12.3. The van der Waals surface area contributed by atoms with Crippen molar-refractivity contribution in [3.8, 4) is 0 Å². The van der Waals surface area contributed by atoms with E-state index in [4.69, 9.17) is 0 Å². The molecule has 0 aliphatic carbocycles. The number of nitrogens with one attached hydrogen (secondary N) is 2. The van der Waals surface area contributed by atoms with Gasteiger partial charge in [0, 0.05) is 38.3 Å². The fraction of sp³-hybridized carbons (Fsp3) is 0.417. The minimum atomic E-state index is 0.280. The van der Waals surface area contributed by atoms with E-state index in [1.165, 1.54) is 0 Å². The monoisotopic (exact) mass is 246 g/mol. The Labute approximate surface area is 106 Å². The van der Waals surface area contributed by atoms with Crippen molar-refractivity contribution in [3.05, 3.63) is 24.2 Å². The third-order valence-corrected chi connectivity index (χ3v) is 2.49. The maximum Gasteiger partial charge on any atom is 0.153 e. The molecule has 0 aliphatic rings. The average Bonchev–Trinajstić information content (AvgIpc) is 2.74. The third kappa shape index (κ3) is 2.77. The molecule has 2 N–H and O–H groups in total. The van der Waals surface area contributed by atoms with E-state index in [0.717, 1.165) is 23.3 Å². The van der Waals surface area contributed by atoms with Gasteiger partial charge in [0.1, 0.15) is 17.5 Å². The summed E-state index contributed by atoms with van der Waals surface area (Å²) in [6.07, 6.45) is 1.88. The molecule has 0 unspecified atom stereocenters. The Kier molecular flexibility index (Phi) is 3.45. The Balaban J connectivity index is 2.29. The van der Waals surface area contributed by atoms with Gasteiger partial charge in [0.15, 0.2) is 5.82 Å². The summed E-state index contributed by atoms with van der Waals surface area (Å²) < 4.78 is 1.74. The molecule has 18 heavy (non-hydrogen) atoms. The number of rotatable bonds is 4. The highest BCUT2D eigenvalue weighted by Crippen LogP contribution is 2.19. The van der Waals surface area contributed by atoms with Crippen molar-refractivity contribution in [1.82, 2.24) is 19.7 Å². The summed E-state index contributed by atoms with van der Waals surface area (Å²) in [4.78, 5) is 8.88. The van der Waals surface area contributed by atoms with Crippen LogP contribution in [0.3, 0.4) is 0 Å². The minimum absolute atomic E-state index is 0.280. The molecule has 0 spiro atoms. The number of aryl methyl sites for hydroxylation is 1. The van der Waals surface area contributed by atoms with E-state index < -0.39 is 0 Å². The van der Waals surface area contributed by atoms with Crippen molar-refractivity contribution in [2.24, 2.45) is 7.05 Å². The van der Waals surface area contributed by atoms with Crippen LogP contribution in [0.5, 0.6) is 0 Å². The number of nitrogens with zero attached hydrogens (tertiary/aromatic N) is 4. The van der Waals surface area contributed by atoms with Crippen LogP contribution < -0.4 is 10.6 Å². The van der Waals surface area contributed by atoms with Gasteiger partial charge in [-0.1, -0.05) is 13.8 Å². The summed E-state index contributed by atoms with van der Waals surface area (Å²) in [5.74, 6) is 3.40. The van der Waals surface area contributed by atoms with Crippen LogP contribution in [0.15, 0.2) is 18.3 Å². The second-order valence-electron chi connectivity index (χ2n) is 4.40. The molecule has 2 heterocycles. The summed E-state index contributed by atoms with van der Waals surface area (Å²) in [6.45, 7) is 4.14. The Morgan fingerprint density at radius 1 is 1.17 bits per heavy atom. The lowest BCUT2D eigenvalue weighted by molar-refractivity contribution is 0.767. The number of aromatic nitrogens is 4. The molecule has 0 bridgehead atoms. The predicted octanol–water partition coefficient (Wildman–Crippen LogP) is 2.12. The molecule has 0 aliphatic heterocycles. The zero-order valence-electron chi connectivity index (χ0n) is 11.1. The molecule has 0 amide bonds. The van der Waals surface area contributed by atoms with Gasteiger partial charge in [0.2, 0.25) is 0 Å². The van der Waals surface area contributed by atoms with Gasteiger partial charge >= 0.3 is 0 Å². The second-order valence-corrected chi connectivity index (χ2v) is 4.40. The van der Waals surface area contributed by atoms with Crippen molar-refractivity contribution in [2.45, 2.75) is 19.8 Å². The van der Waals surface area contributed by atoms with Crippen LogP contribution in [0.1, 0.15) is 25.6 Å². The minimum Gasteiger partial charge on any atom is -0.373 e. The van der Waals surface area contributed by atoms with Crippen molar-refractivity contribution in [1.29, 1.82) is 0 Å². The van der Waals surface area contributed by atoms with Crippen LogP contribution in [0.25, 0.3) is 0 Å². The highest BCUT2D eigenvalue weighted by molar-refractivity contribution is 5.55. The molecule has 6 nitrogen and oxygen atoms in total. The van der Waals surface area contributed by atoms with E-state index in [9.17, 15) is 0 Å². The summed E-state index contributed by atoms with van der Waals surface area (Å²) in [5, 5.41) is 10.5. The summed E-state index contributed by atoms with van der Waals surface area (Å²) in [7, 11) is 3.72. The Hall–Kier alpha value is -2.11. The van der Waals surface area contributed by atoms with Crippen LogP contribution in [0.2, 0.25) is 0 Å². The summed E-state index contributed by atoms with van der Waals surface area (Å²) in [6, 6.07) is 3.76. The first-order valence-electron chi connectivity index (χ1n) is 5.92. The van der Waals surface area contributed by atoms with Gasteiger partial charge in [-0.2, -0.15) is 5.10 Å². The van der Waals surface area contributed by atoms with E-state index >= 15 is 0 Å². The molecule has 2 aromatic heterocycles. The standard InChI is InChI=1S/C12H18N6/c1-8(2)12-15-10(13-3)7-11(16-12)14-9-5-6-18(4)17-9/h5-8H,1-4H3,(H2,13,14,15,16,17). The van der Waals surface area contributed by atoms with Crippen LogP contribution in [0.4, 0.5) is 17.5 Å². The van der Waals surface area contributed by atoms with Gasteiger partial charge in [-0.3, -0.25) is 4.68 Å². The van der Waals surface area contributed by atoms with Gasteiger partial charge < -0.3 is 10.6 Å². The van der Waals surface area contributed by atoms with E-state index in [0.29, 0.717) is 0 Å². The van der Waals surface area contributed by atoms with Gasteiger partial charge in [-0.05, 0) is 0 Å². The van der Waals surface area contributed by atoms with Crippen LogP contribution in [0, 0.1) is 0 Å². The fourth-order valence-electron chi connectivity index (χ4n) is 1.53. The van der Waals surface area contributed by atoms with Crippen molar-refractivity contribution in [2.75, 3.05) is 17.7 Å². The summed E-state index contributed by atoms with van der Waals surface area (Å²) in [5.41, 5.74) is 0. The average molecular weight is 246 g/mol. The van der Waals surface area contributed by atoms with Gasteiger partial charge in [-0.25, -0.2) is 9.97 Å². The van der Waals surface area contributed by atoms with Crippen molar-refractivity contribution in [3.63, 3.8) is 0 Å². The predicted molar refractivity (Wildman–Crippen MR) is 72.2 cm³/mol. The molecule has 0 fully saturated rings. The Bertz CT molecular complexity index is 531. The first-order valence-corrected chi connectivity index (χ1v) is 5.92. The molecule has 2 rings (SSSR count). The lowest BCUT2D eigenvalue weighted by Gasteiger charge is -2.10. The van der Waals surface area contributed by atoms with Crippen molar-refractivity contribution < 1.29 is 0 Å². The van der Waals surface area contributed by atoms with Gasteiger partial charge in [0.25, 0.3) is 0 Å². The molecule has 6 heteroatoms. The van der Waals surface area contributed by atoms with E-state index in [1.54, 1.807) is 4.68 Å². The van der Waals surface area contributed by atoms with Crippen LogP contribution in [-0.4, -0.2) is 26.8 Å². The number of anilines is 3. The highest BCUT2D eigenvalue weighted by atomic mass is 15.3. The zero-order valence-corrected chi connectivity index (χ0v) is 11.1. The highest BCUT2D eigenvalue weighted by Gasteiger charge is 2.08. The van der Waals surface area contributed by atoms with Crippen LogP contribution >= 0.6 is 0 Å². The smallest absolute Gasteiger partial charge is 0.153 e. The molecule has 0 aromatic carbocycles. The Morgan fingerprint density at radius 3 is 2.44 bits per heavy atom. The van der Waals surface area contributed by atoms with E-state index in [2.05, 4.69) is 39.5 Å². The lowest BCUT2D eigenvalue weighted by atomic mass is 10.2. The van der Waals surface area contributed by atoms with Gasteiger partial charge in [-0.15, -0.1) is 0 Å². The quantitative estimate of drug-likeness (QED) is 0.865. The second kappa shape index (κ2) is 5.03. The lowest BCUT2D eigenvalue weighted by Crippen LogP contribution is -2.05. The SMILES string of the molecule is CNc1cc(Nc2ccn(C)n2)nc(C(C)C)n1. The molecule has 0 saturated heterocycles. The molecular formula is C12H18N6. The fourth-order valence-corrected chi connectivity index (χ4v) is 1.53.